The van der Waals surface area contributed by atoms with Crippen LogP contribution in [0.1, 0.15) is 76.6 Å². The van der Waals surface area contributed by atoms with Gasteiger partial charge in [0.15, 0.2) is 12.6 Å². The Morgan fingerprint density at radius 3 is 1.80 bits per heavy atom. The van der Waals surface area contributed by atoms with Crippen LogP contribution in [-0.2, 0) is 54.8 Å². The van der Waals surface area contributed by atoms with Crippen molar-refractivity contribution in [3.8, 4) is 0 Å². The summed E-state index contributed by atoms with van der Waals surface area (Å²) in [6.45, 7) is 15.3. The summed E-state index contributed by atoms with van der Waals surface area (Å²) in [6, 6.07) is 0. The number of nitrogens with two attached hydrogens (primary N) is 1. The summed E-state index contributed by atoms with van der Waals surface area (Å²) in [5.74, 6) is -0.111. The molecule has 0 aliphatic carbocycles. The fourth-order valence-corrected chi connectivity index (χ4v) is 3.92. The van der Waals surface area contributed by atoms with Gasteiger partial charge in [-0.15, -0.1) is 10.2 Å². The summed E-state index contributed by atoms with van der Waals surface area (Å²) in [5.41, 5.74) is 7.98. The Balaban J connectivity index is 0.000000272. The van der Waals surface area contributed by atoms with Crippen molar-refractivity contribution < 1.29 is 28.5 Å². The molecule has 2 aromatic heterocycles. The van der Waals surface area contributed by atoms with Crippen molar-refractivity contribution in [3.05, 3.63) is 48.1 Å². The lowest BCUT2D eigenvalue weighted by molar-refractivity contribution is -0.169. The highest BCUT2D eigenvalue weighted by Crippen LogP contribution is 2.16. The van der Waals surface area contributed by atoms with Gasteiger partial charge in [0.05, 0.1) is 25.6 Å². The van der Waals surface area contributed by atoms with Crippen molar-refractivity contribution in [1.82, 2.24) is 35.3 Å². The van der Waals surface area contributed by atoms with Gasteiger partial charge in [-0.1, -0.05) is 23.6 Å². The van der Waals surface area contributed by atoms with Crippen LogP contribution in [0, 0.1) is 0 Å². The summed E-state index contributed by atoms with van der Waals surface area (Å²) in [5, 5.41) is 18.5. The highest BCUT2D eigenvalue weighted by molar-refractivity contribution is 6.67. The monoisotopic (exact) mass is 652 g/mol. The number of halogens is 1. The maximum Gasteiger partial charge on any atom is 0.247 e. The number of carbonyl (C=O) groups is 2. The number of amides is 1. The Morgan fingerprint density at radius 2 is 1.40 bits per heavy atom. The summed E-state index contributed by atoms with van der Waals surface area (Å²) in [4.78, 5) is 21.1. The molecule has 2 fully saturated rings. The number of hydrogen-bond donors (Lipinski definition) is 2. The molecule has 0 aromatic carbocycles. The Labute approximate surface area is 270 Å². The average molecular weight is 653 g/mol. The summed E-state index contributed by atoms with van der Waals surface area (Å²) >= 11 is 4.87. The zero-order valence-electron chi connectivity index (χ0n) is 26.6. The van der Waals surface area contributed by atoms with E-state index < -0.39 is 5.24 Å². The van der Waals surface area contributed by atoms with Crippen LogP contribution in [0.25, 0.3) is 0 Å². The molecule has 15 heteroatoms. The van der Waals surface area contributed by atoms with Crippen molar-refractivity contribution >= 4 is 22.8 Å². The van der Waals surface area contributed by atoms with Crippen LogP contribution in [-0.4, -0.2) is 80.0 Å². The minimum Gasteiger partial charge on any atom is -0.353 e. The molecule has 1 amide bonds. The normalized spacial score (nSPS) is 17.7. The number of nitrogens with zero attached hydrogens (tertiary/aromatic N) is 6. The lowest BCUT2D eigenvalue weighted by Gasteiger charge is -2.22. The second-order valence-electron chi connectivity index (χ2n) is 10.7. The van der Waals surface area contributed by atoms with Crippen LogP contribution in [0.15, 0.2) is 36.7 Å². The maximum atomic E-state index is 11.3. The van der Waals surface area contributed by atoms with Crippen molar-refractivity contribution in [2.24, 2.45) is 5.73 Å². The number of aryl methyl sites for hydroxylation is 2. The molecule has 2 unspecified atom stereocenters. The first-order valence-electron chi connectivity index (χ1n) is 15.4. The van der Waals surface area contributed by atoms with Gasteiger partial charge in [-0.05, 0) is 83.4 Å². The third-order valence-electron chi connectivity index (χ3n) is 6.45. The molecule has 4 heterocycles. The number of hydrogen-bond acceptors (Lipinski definition) is 11. The number of allylic oxidation sites excluding steroid dienone is 1. The molecule has 3 N–H and O–H groups in total. The molecule has 2 aliphatic heterocycles. The molecular weight excluding hydrogens is 604 g/mol. The van der Waals surface area contributed by atoms with Gasteiger partial charge < -0.3 is 30.0 Å². The first kappa shape index (κ1) is 38.2. The van der Waals surface area contributed by atoms with Crippen LogP contribution in [0.3, 0.4) is 0 Å². The number of nitrogens with one attached hydrogen (secondary N) is 1. The number of rotatable bonds is 15. The van der Waals surface area contributed by atoms with E-state index in [1.807, 2.05) is 12.4 Å². The van der Waals surface area contributed by atoms with E-state index in [1.165, 1.54) is 6.42 Å². The molecule has 0 radical (unpaired) electrons. The zero-order chi connectivity index (χ0) is 32.9. The minimum absolute atomic E-state index is 0.0714. The topological polar surface area (TPSA) is 171 Å². The van der Waals surface area contributed by atoms with E-state index in [9.17, 15) is 9.59 Å². The standard InChI is InChI=1S/C15H24N4O3.C11H20N4O2.C4H5ClO/c1-12(2)15(20)16-7-5-8-19-10-13(17-18-19)11-22-14-6-3-4-9-21-14;12-5-3-6-15-8-10(13-14-15)9-17-11-4-1-2-7-16-11;1-3(2)4(5)6/h10,14H,1,3-9,11H2,2H3,(H,16,20);8,11H,1-7,9,12H2;1H2,2H3. The smallest absolute Gasteiger partial charge is 0.247 e. The highest BCUT2D eigenvalue weighted by atomic mass is 35.5. The Hall–Kier alpha value is -3.01. The van der Waals surface area contributed by atoms with Crippen LogP contribution in [0.5, 0.6) is 0 Å². The van der Waals surface area contributed by atoms with Gasteiger partial charge in [-0.3, -0.25) is 19.0 Å². The van der Waals surface area contributed by atoms with Gasteiger partial charge in [0, 0.05) is 44.0 Å². The number of ether oxygens (including phenoxy) is 4. The van der Waals surface area contributed by atoms with Crippen molar-refractivity contribution in [2.45, 2.75) is 104 Å². The Bertz CT molecular complexity index is 1150. The SMILES string of the molecule is C=C(C)C(=O)Cl.C=C(C)C(=O)NCCCn1cc(COC2CCCCO2)nn1.NCCCn1cc(COC2CCCCO2)nn1. The first-order valence-corrected chi connectivity index (χ1v) is 15.8. The van der Waals surface area contributed by atoms with Gasteiger partial charge in [-0.25, -0.2) is 0 Å². The van der Waals surface area contributed by atoms with Gasteiger partial charge in [0.2, 0.25) is 11.1 Å². The van der Waals surface area contributed by atoms with Crippen LogP contribution in [0.4, 0.5) is 0 Å². The van der Waals surface area contributed by atoms with E-state index in [-0.39, 0.29) is 18.5 Å². The summed E-state index contributed by atoms with van der Waals surface area (Å²) in [7, 11) is 0. The summed E-state index contributed by atoms with van der Waals surface area (Å²) < 4.78 is 25.8. The fourth-order valence-electron chi connectivity index (χ4n) is 3.92. The predicted molar refractivity (Wildman–Crippen MR) is 169 cm³/mol. The maximum absolute atomic E-state index is 11.3. The van der Waals surface area contributed by atoms with Crippen molar-refractivity contribution in [1.29, 1.82) is 0 Å². The van der Waals surface area contributed by atoms with E-state index in [0.29, 0.717) is 44.0 Å². The first-order chi connectivity index (χ1) is 21.7. The third kappa shape index (κ3) is 17.3. The largest absolute Gasteiger partial charge is 0.353 e. The van der Waals surface area contributed by atoms with Gasteiger partial charge in [0.25, 0.3) is 0 Å². The molecule has 2 atom stereocenters. The van der Waals surface area contributed by atoms with Crippen LogP contribution < -0.4 is 11.1 Å². The summed E-state index contributed by atoms with van der Waals surface area (Å²) in [6.07, 6.45) is 11.8. The lowest BCUT2D eigenvalue weighted by atomic mass is 10.2. The number of aromatic nitrogens is 6. The van der Waals surface area contributed by atoms with Gasteiger partial charge >= 0.3 is 0 Å². The molecular formula is C30H49ClN8O6. The Kier molecular flexibility index (Phi) is 19.1. The molecule has 14 nitrogen and oxygen atoms in total. The molecule has 45 heavy (non-hydrogen) atoms. The second-order valence-corrected chi connectivity index (χ2v) is 11.1. The molecule has 252 valence electrons. The quantitative estimate of drug-likeness (QED) is 0.164. The van der Waals surface area contributed by atoms with Crippen LogP contribution in [0.2, 0.25) is 0 Å². The molecule has 4 rings (SSSR count). The molecule has 0 spiro atoms. The van der Waals surface area contributed by atoms with Crippen molar-refractivity contribution in [3.63, 3.8) is 0 Å². The van der Waals surface area contributed by atoms with Crippen LogP contribution >= 0.6 is 11.6 Å². The molecule has 2 aromatic rings. The molecule has 2 aliphatic rings. The average Bonchev–Trinajstić information content (AvgIpc) is 3.71. The van der Waals surface area contributed by atoms with Crippen molar-refractivity contribution in [2.75, 3.05) is 26.3 Å². The van der Waals surface area contributed by atoms with E-state index in [0.717, 1.165) is 76.1 Å². The molecule has 0 saturated carbocycles. The van der Waals surface area contributed by atoms with Gasteiger partial charge in [0.1, 0.15) is 11.4 Å². The number of carbonyl (C=O) groups excluding carboxylic acids is 2. The third-order valence-corrected chi connectivity index (χ3v) is 6.77. The molecule has 2 saturated heterocycles. The van der Waals surface area contributed by atoms with E-state index in [2.05, 4.69) is 39.1 Å². The zero-order valence-corrected chi connectivity index (χ0v) is 27.4. The molecule has 0 bridgehead atoms. The minimum atomic E-state index is -0.463. The van der Waals surface area contributed by atoms with E-state index >= 15 is 0 Å². The second kappa shape index (κ2) is 22.5. The highest BCUT2D eigenvalue weighted by Gasteiger charge is 2.16. The Morgan fingerprint density at radius 1 is 0.911 bits per heavy atom. The van der Waals surface area contributed by atoms with Gasteiger partial charge in [-0.2, -0.15) is 0 Å². The fraction of sp³-hybridized carbons (Fsp3) is 0.667. The predicted octanol–water partition coefficient (Wildman–Crippen LogP) is 3.40. The van der Waals surface area contributed by atoms with E-state index in [1.54, 1.807) is 23.2 Å². The lowest BCUT2D eigenvalue weighted by Crippen LogP contribution is -2.25. The van der Waals surface area contributed by atoms with E-state index in [4.69, 9.17) is 36.3 Å².